The number of hydrogen-bond acceptors (Lipinski definition) is 3. The Morgan fingerprint density at radius 2 is 1.90 bits per heavy atom. The van der Waals surface area contributed by atoms with Gasteiger partial charge in [-0.3, -0.25) is 0 Å². The maximum absolute atomic E-state index is 13.2. The predicted molar refractivity (Wildman–Crippen MR) is 80.6 cm³/mol. The molecule has 0 aliphatic heterocycles. The standard InChI is InChI=1S/C17H20FNO2/c1-13-7-8-15(18)11-16(13)21-10-9-17(20,12-19)14-5-3-2-4-6-14/h2-8,11,20H,9-10,12,19H2,1H3. The minimum absolute atomic E-state index is 0.0997. The van der Waals surface area contributed by atoms with Gasteiger partial charge >= 0.3 is 0 Å². The highest BCUT2D eigenvalue weighted by atomic mass is 19.1. The highest BCUT2D eigenvalue weighted by Crippen LogP contribution is 2.25. The van der Waals surface area contributed by atoms with Crippen LogP contribution in [-0.2, 0) is 5.60 Å². The Morgan fingerprint density at radius 1 is 1.19 bits per heavy atom. The molecule has 0 saturated carbocycles. The second kappa shape index (κ2) is 6.70. The normalized spacial score (nSPS) is 13.7. The Kier molecular flexibility index (Phi) is 4.94. The first-order valence-electron chi connectivity index (χ1n) is 6.92. The number of hydrogen-bond donors (Lipinski definition) is 2. The van der Waals surface area contributed by atoms with Crippen LogP contribution in [0.15, 0.2) is 48.5 Å². The number of ether oxygens (including phenoxy) is 1. The molecule has 3 N–H and O–H groups in total. The fourth-order valence-corrected chi connectivity index (χ4v) is 2.17. The molecule has 0 amide bonds. The summed E-state index contributed by atoms with van der Waals surface area (Å²) in [6.45, 7) is 2.20. The summed E-state index contributed by atoms with van der Waals surface area (Å²) < 4.78 is 18.8. The van der Waals surface area contributed by atoms with Crippen LogP contribution < -0.4 is 10.5 Å². The Hall–Kier alpha value is -1.91. The van der Waals surface area contributed by atoms with Crippen LogP contribution in [0.4, 0.5) is 4.39 Å². The van der Waals surface area contributed by atoms with Gasteiger partial charge in [0.05, 0.1) is 6.61 Å². The summed E-state index contributed by atoms with van der Waals surface area (Å²) in [5.41, 5.74) is 6.18. The predicted octanol–water partition coefficient (Wildman–Crippen LogP) is 2.75. The molecule has 4 heteroatoms. The van der Waals surface area contributed by atoms with Crippen LogP contribution in [0.25, 0.3) is 0 Å². The van der Waals surface area contributed by atoms with E-state index in [1.807, 2.05) is 37.3 Å². The van der Waals surface area contributed by atoms with Crippen molar-refractivity contribution in [3.8, 4) is 5.75 Å². The lowest BCUT2D eigenvalue weighted by atomic mass is 9.91. The molecular weight excluding hydrogens is 269 g/mol. The third-order valence-electron chi connectivity index (χ3n) is 3.57. The summed E-state index contributed by atoms with van der Waals surface area (Å²) in [7, 11) is 0. The van der Waals surface area contributed by atoms with E-state index in [4.69, 9.17) is 10.5 Å². The molecule has 2 rings (SSSR count). The Balaban J connectivity index is 2.02. The molecule has 2 aromatic carbocycles. The fraction of sp³-hybridized carbons (Fsp3) is 0.294. The first-order valence-corrected chi connectivity index (χ1v) is 6.92. The summed E-state index contributed by atoms with van der Waals surface area (Å²) in [5.74, 6) is 0.148. The van der Waals surface area contributed by atoms with Gasteiger partial charge in [-0.1, -0.05) is 36.4 Å². The van der Waals surface area contributed by atoms with Gasteiger partial charge in [-0.25, -0.2) is 4.39 Å². The van der Waals surface area contributed by atoms with E-state index in [-0.39, 0.29) is 19.0 Å². The van der Waals surface area contributed by atoms with Crippen molar-refractivity contribution in [2.45, 2.75) is 18.9 Å². The summed E-state index contributed by atoms with van der Waals surface area (Å²) in [4.78, 5) is 0. The number of aryl methyl sites for hydroxylation is 1. The van der Waals surface area contributed by atoms with Crippen molar-refractivity contribution in [1.29, 1.82) is 0 Å². The third kappa shape index (κ3) is 3.80. The fourth-order valence-electron chi connectivity index (χ4n) is 2.17. The second-order valence-electron chi connectivity index (χ2n) is 5.11. The van der Waals surface area contributed by atoms with E-state index in [0.717, 1.165) is 11.1 Å². The SMILES string of the molecule is Cc1ccc(F)cc1OCCC(O)(CN)c1ccccc1. The molecule has 2 aromatic rings. The minimum atomic E-state index is -1.14. The van der Waals surface area contributed by atoms with Crippen LogP contribution in [0.3, 0.4) is 0 Å². The maximum Gasteiger partial charge on any atom is 0.126 e. The molecule has 0 bridgehead atoms. The van der Waals surface area contributed by atoms with Gasteiger partial charge in [0.1, 0.15) is 17.2 Å². The highest BCUT2D eigenvalue weighted by molar-refractivity contribution is 5.32. The summed E-state index contributed by atoms with van der Waals surface area (Å²) in [5, 5.41) is 10.6. The van der Waals surface area contributed by atoms with Crippen molar-refractivity contribution in [3.63, 3.8) is 0 Å². The molecule has 3 nitrogen and oxygen atoms in total. The molecular formula is C17H20FNO2. The first kappa shape index (κ1) is 15.5. The highest BCUT2D eigenvalue weighted by Gasteiger charge is 2.27. The Morgan fingerprint density at radius 3 is 2.57 bits per heavy atom. The van der Waals surface area contributed by atoms with Gasteiger partial charge in [-0.15, -0.1) is 0 Å². The molecule has 1 unspecified atom stereocenters. The summed E-state index contributed by atoms with van der Waals surface area (Å²) in [6, 6.07) is 13.7. The lowest BCUT2D eigenvalue weighted by Crippen LogP contribution is -2.36. The number of benzene rings is 2. The average Bonchev–Trinajstić information content (AvgIpc) is 2.51. The van der Waals surface area contributed by atoms with Crippen molar-refractivity contribution in [2.75, 3.05) is 13.2 Å². The van der Waals surface area contributed by atoms with Gasteiger partial charge in [0.2, 0.25) is 0 Å². The Labute approximate surface area is 124 Å². The van der Waals surface area contributed by atoms with E-state index < -0.39 is 5.60 Å². The third-order valence-corrected chi connectivity index (χ3v) is 3.57. The number of aliphatic hydroxyl groups is 1. The molecule has 112 valence electrons. The van der Waals surface area contributed by atoms with Crippen molar-refractivity contribution in [2.24, 2.45) is 5.73 Å². The number of rotatable bonds is 6. The zero-order valence-electron chi connectivity index (χ0n) is 12.1. The number of halogens is 1. The van der Waals surface area contributed by atoms with Gasteiger partial charge in [-0.05, 0) is 24.1 Å². The molecule has 0 aliphatic carbocycles. The van der Waals surface area contributed by atoms with Gasteiger partial charge in [0, 0.05) is 19.0 Å². The number of nitrogens with two attached hydrogens (primary N) is 1. The summed E-state index contributed by atoms with van der Waals surface area (Å²) in [6.07, 6.45) is 0.337. The quantitative estimate of drug-likeness (QED) is 0.859. The second-order valence-corrected chi connectivity index (χ2v) is 5.11. The zero-order chi connectivity index (χ0) is 15.3. The molecule has 0 spiro atoms. The molecule has 0 aromatic heterocycles. The van der Waals surface area contributed by atoms with Gasteiger partial charge in [-0.2, -0.15) is 0 Å². The lowest BCUT2D eigenvalue weighted by Gasteiger charge is -2.27. The summed E-state index contributed by atoms with van der Waals surface area (Å²) >= 11 is 0. The van der Waals surface area contributed by atoms with E-state index in [1.54, 1.807) is 6.07 Å². The van der Waals surface area contributed by atoms with Crippen molar-refractivity contribution < 1.29 is 14.2 Å². The van der Waals surface area contributed by atoms with Crippen LogP contribution in [0.1, 0.15) is 17.5 Å². The van der Waals surface area contributed by atoms with Crippen LogP contribution in [0, 0.1) is 12.7 Å². The average molecular weight is 289 g/mol. The topological polar surface area (TPSA) is 55.5 Å². The molecule has 0 heterocycles. The van der Waals surface area contributed by atoms with E-state index in [0.29, 0.717) is 12.2 Å². The van der Waals surface area contributed by atoms with Gasteiger partial charge in [0.15, 0.2) is 0 Å². The van der Waals surface area contributed by atoms with E-state index in [2.05, 4.69) is 0 Å². The van der Waals surface area contributed by atoms with Gasteiger partial charge < -0.3 is 15.6 Å². The van der Waals surface area contributed by atoms with E-state index in [9.17, 15) is 9.50 Å². The van der Waals surface area contributed by atoms with Crippen LogP contribution in [0.2, 0.25) is 0 Å². The van der Waals surface area contributed by atoms with Crippen molar-refractivity contribution in [3.05, 3.63) is 65.5 Å². The molecule has 0 saturated heterocycles. The zero-order valence-corrected chi connectivity index (χ0v) is 12.1. The van der Waals surface area contributed by atoms with E-state index >= 15 is 0 Å². The smallest absolute Gasteiger partial charge is 0.126 e. The molecule has 0 fully saturated rings. The Bertz CT molecular complexity index is 589. The van der Waals surface area contributed by atoms with Crippen molar-refractivity contribution >= 4 is 0 Å². The van der Waals surface area contributed by atoms with Crippen LogP contribution >= 0.6 is 0 Å². The van der Waals surface area contributed by atoms with Gasteiger partial charge in [0.25, 0.3) is 0 Å². The lowest BCUT2D eigenvalue weighted by molar-refractivity contribution is 0.0232. The largest absolute Gasteiger partial charge is 0.493 e. The maximum atomic E-state index is 13.2. The molecule has 21 heavy (non-hydrogen) atoms. The van der Waals surface area contributed by atoms with E-state index in [1.165, 1.54) is 12.1 Å². The van der Waals surface area contributed by atoms with Crippen LogP contribution in [-0.4, -0.2) is 18.3 Å². The van der Waals surface area contributed by atoms with Crippen LogP contribution in [0.5, 0.6) is 5.75 Å². The monoisotopic (exact) mass is 289 g/mol. The molecule has 0 radical (unpaired) electrons. The van der Waals surface area contributed by atoms with Crippen molar-refractivity contribution in [1.82, 2.24) is 0 Å². The molecule has 1 atom stereocenters. The minimum Gasteiger partial charge on any atom is -0.493 e. The molecule has 0 aliphatic rings. The first-order chi connectivity index (χ1) is 10.0.